The second kappa shape index (κ2) is 9.25. The molecule has 3 rings (SSSR count). The summed E-state index contributed by atoms with van der Waals surface area (Å²) in [7, 11) is 2.13. The molecular weight excluding hydrogens is 356 g/mol. The molecular formula is C21H24N4O3. The summed E-state index contributed by atoms with van der Waals surface area (Å²) >= 11 is 0. The lowest BCUT2D eigenvalue weighted by Crippen LogP contribution is -2.43. The van der Waals surface area contributed by atoms with Crippen LogP contribution in [0, 0.1) is 10.1 Å². The molecule has 1 saturated heterocycles. The monoisotopic (exact) mass is 380 g/mol. The van der Waals surface area contributed by atoms with Crippen LogP contribution in [0.25, 0.3) is 6.08 Å². The SMILES string of the molecule is CN1CCN(Cc2cccc(NC(=O)/C=C/c3cccc([N+](=O)[O-])c3)c2)CC1. The van der Waals surface area contributed by atoms with Gasteiger partial charge in [0.15, 0.2) is 0 Å². The van der Waals surface area contributed by atoms with Gasteiger partial charge in [0.2, 0.25) is 5.91 Å². The van der Waals surface area contributed by atoms with Crippen LogP contribution in [0.15, 0.2) is 54.6 Å². The summed E-state index contributed by atoms with van der Waals surface area (Å²) < 4.78 is 0. The molecule has 0 aromatic heterocycles. The summed E-state index contributed by atoms with van der Waals surface area (Å²) in [4.78, 5) is 27.3. The highest BCUT2D eigenvalue weighted by atomic mass is 16.6. The third-order valence-electron chi connectivity index (χ3n) is 4.70. The Kier molecular flexibility index (Phi) is 6.52. The molecule has 28 heavy (non-hydrogen) atoms. The zero-order valence-corrected chi connectivity index (χ0v) is 15.9. The van der Waals surface area contributed by atoms with Gasteiger partial charge in [0.05, 0.1) is 4.92 Å². The van der Waals surface area contributed by atoms with E-state index >= 15 is 0 Å². The van der Waals surface area contributed by atoms with Gasteiger partial charge in [-0.1, -0.05) is 24.3 Å². The highest BCUT2D eigenvalue weighted by Crippen LogP contribution is 2.16. The minimum absolute atomic E-state index is 0.000772. The molecule has 146 valence electrons. The minimum Gasteiger partial charge on any atom is -0.323 e. The number of nitrogens with one attached hydrogen (secondary N) is 1. The molecule has 1 fully saturated rings. The molecule has 0 bridgehead atoms. The van der Waals surface area contributed by atoms with E-state index in [2.05, 4.69) is 28.2 Å². The first-order chi connectivity index (χ1) is 13.5. The first-order valence-corrected chi connectivity index (χ1v) is 9.23. The molecule has 0 spiro atoms. The van der Waals surface area contributed by atoms with Crippen molar-refractivity contribution in [3.05, 3.63) is 75.8 Å². The van der Waals surface area contributed by atoms with Gasteiger partial charge >= 0.3 is 0 Å². The number of nitrogens with zero attached hydrogens (tertiary/aromatic N) is 3. The van der Waals surface area contributed by atoms with Gasteiger partial charge in [0.25, 0.3) is 5.69 Å². The summed E-state index contributed by atoms with van der Waals surface area (Å²) in [6.07, 6.45) is 2.95. The first-order valence-electron chi connectivity index (χ1n) is 9.23. The number of benzene rings is 2. The number of nitro groups is 1. The number of hydrogen-bond acceptors (Lipinski definition) is 5. The Morgan fingerprint density at radius 2 is 1.89 bits per heavy atom. The fourth-order valence-corrected chi connectivity index (χ4v) is 3.11. The van der Waals surface area contributed by atoms with E-state index in [1.807, 2.05) is 18.2 Å². The molecule has 7 heteroatoms. The number of likely N-dealkylation sites (N-methyl/N-ethyl adjacent to an activating group) is 1. The number of nitro benzene ring substituents is 1. The summed E-state index contributed by atoms with van der Waals surface area (Å²) in [6.45, 7) is 5.08. The fourth-order valence-electron chi connectivity index (χ4n) is 3.11. The van der Waals surface area contributed by atoms with Crippen molar-refractivity contribution in [2.75, 3.05) is 38.5 Å². The Morgan fingerprint density at radius 1 is 1.14 bits per heavy atom. The lowest BCUT2D eigenvalue weighted by Gasteiger charge is -2.32. The number of hydrogen-bond donors (Lipinski definition) is 1. The largest absolute Gasteiger partial charge is 0.323 e. The summed E-state index contributed by atoms with van der Waals surface area (Å²) in [6, 6.07) is 14.0. The van der Waals surface area contributed by atoms with E-state index in [-0.39, 0.29) is 11.6 Å². The predicted octanol–water partition coefficient (Wildman–Crippen LogP) is 2.99. The van der Waals surface area contributed by atoms with Gasteiger partial charge in [0.1, 0.15) is 0 Å². The van der Waals surface area contributed by atoms with Crippen molar-refractivity contribution in [2.45, 2.75) is 6.54 Å². The van der Waals surface area contributed by atoms with Crippen molar-refractivity contribution >= 4 is 23.4 Å². The molecule has 2 aromatic rings. The van der Waals surface area contributed by atoms with Crippen molar-refractivity contribution < 1.29 is 9.72 Å². The topological polar surface area (TPSA) is 78.7 Å². The Labute approximate surface area is 164 Å². The molecule has 0 atom stereocenters. The Bertz CT molecular complexity index is 873. The van der Waals surface area contributed by atoms with Crippen molar-refractivity contribution in [2.24, 2.45) is 0 Å². The second-order valence-electron chi connectivity index (χ2n) is 6.95. The third kappa shape index (κ3) is 5.73. The Morgan fingerprint density at radius 3 is 2.64 bits per heavy atom. The van der Waals surface area contributed by atoms with Crippen LogP contribution >= 0.6 is 0 Å². The van der Waals surface area contributed by atoms with E-state index in [1.165, 1.54) is 18.2 Å². The molecule has 1 aliphatic rings. The zero-order valence-electron chi connectivity index (χ0n) is 15.9. The number of carbonyl (C=O) groups excluding carboxylic acids is 1. The van der Waals surface area contributed by atoms with Gasteiger partial charge in [-0.2, -0.15) is 0 Å². The number of carbonyl (C=O) groups is 1. The summed E-state index contributed by atoms with van der Waals surface area (Å²) in [5, 5.41) is 13.7. The van der Waals surface area contributed by atoms with Crippen LogP contribution in [0.2, 0.25) is 0 Å². The van der Waals surface area contributed by atoms with Gasteiger partial charge in [-0.05, 0) is 36.4 Å². The molecule has 0 radical (unpaired) electrons. The van der Waals surface area contributed by atoms with Crippen LogP contribution in [0.3, 0.4) is 0 Å². The quantitative estimate of drug-likeness (QED) is 0.473. The van der Waals surface area contributed by atoms with Crippen molar-refractivity contribution in [3.63, 3.8) is 0 Å². The Balaban J connectivity index is 1.58. The molecule has 0 unspecified atom stereocenters. The van der Waals surface area contributed by atoms with Gasteiger partial charge in [-0.3, -0.25) is 19.8 Å². The van der Waals surface area contributed by atoms with Crippen molar-refractivity contribution in [1.29, 1.82) is 0 Å². The zero-order chi connectivity index (χ0) is 19.9. The summed E-state index contributed by atoms with van der Waals surface area (Å²) in [5.74, 6) is -0.275. The second-order valence-corrected chi connectivity index (χ2v) is 6.95. The first kappa shape index (κ1) is 19.7. The minimum atomic E-state index is -0.455. The summed E-state index contributed by atoms with van der Waals surface area (Å²) in [5.41, 5.74) is 2.50. The number of amides is 1. The van der Waals surface area contributed by atoms with Crippen molar-refractivity contribution in [3.8, 4) is 0 Å². The van der Waals surface area contributed by atoms with Crippen LogP contribution in [0.1, 0.15) is 11.1 Å². The maximum absolute atomic E-state index is 12.2. The number of anilines is 1. The molecule has 1 amide bonds. The van der Waals surface area contributed by atoms with Crippen LogP contribution in [0.4, 0.5) is 11.4 Å². The van der Waals surface area contributed by atoms with Gasteiger partial charge < -0.3 is 10.2 Å². The lowest BCUT2D eigenvalue weighted by molar-refractivity contribution is -0.384. The van der Waals surface area contributed by atoms with Crippen molar-refractivity contribution in [1.82, 2.24) is 9.80 Å². The van der Waals surface area contributed by atoms with E-state index in [9.17, 15) is 14.9 Å². The van der Waals surface area contributed by atoms with E-state index in [0.717, 1.165) is 44.0 Å². The average Bonchev–Trinajstić information content (AvgIpc) is 2.69. The molecule has 1 N–H and O–H groups in total. The van der Waals surface area contributed by atoms with E-state index < -0.39 is 4.92 Å². The van der Waals surface area contributed by atoms with Crippen LogP contribution < -0.4 is 5.32 Å². The highest BCUT2D eigenvalue weighted by molar-refractivity contribution is 6.02. The predicted molar refractivity (Wildman–Crippen MR) is 110 cm³/mol. The fraction of sp³-hybridized carbons (Fsp3) is 0.286. The molecule has 1 heterocycles. The molecule has 7 nitrogen and oxygen atoms in total. The van der Waals surface area contributed by atoms with Gasteiger partial charge in [-0.25, -0.2) is 0 Å². The smallest absolute Gasteiger partial charge is 0.270 e. The molecule has 0 aliphatic carbocycles. The third-order valence-corrected chi connectivity index (χ3v) is 4.70. The molecule has 0 saturated carbocycles. The maximum Gasteiger partial charge on any atom is 0.270 e. The van der Waals surface area contributed by atoms with Crippen LogP contribution in [-0.2, 0) is 11.3 Å². The number of non-ortho nitro benzene ring substituents is 1. The maximum atomic E-state index is 12.2. The molecule has 2 aromatic carbocycles. The van der Waals surface area contributed by atoms with Gasteiger partial charge in [0, 0.05) is 56.6 Å². The van der Waals surface area contributed by atoms with E-state index in [0.29, 0.717) is 5.56 Å². The average molecular weight is 380 g/mol. The standard InChI is InChI=1S/C21H24N4O3/c1-23-10-12-24(13-11-23)16-18-5-2-6-19(14-18)22-21(26)9-8-17-4-3-7-20(15-17)25(27)28/h2-9,14-15H,10-13,16H2,1H3,(H,22,26)/b9-8+. The normalized spacial score (nSPS) is 15.6. The van der Waals surface area contributed by atoms with Gasteiger partial charge in [-0.15, -0.1) is 0 Å². The van der Waals surface area contributed by atoms with Crippen LogP contribution in [-0.4, -0.2) is 53.9 Å². The van der Waals surface area contributed by atoms with E-state index in [1.54, 1.807) is 18.2 Å². The molecule has 1 aliphatic heterocycles. The Hall–Kier alpha value is -3.03. The lowest BCUT2D eigenvalue weighted by atomic mass is 10.1. The van der Waals surface area contributed by atoms with Crippen LogP contribution in [0.5, 0.6) is 0 Å². The highest BCUT2D eigenvalue weighted by Gasteiger charge is 2.14. The number of rotatable bonds is 6. The number of piperazine rings is 1. The van der Waals surface area contributed by atoms with E-state index in [4.69, 9.17) is 0 Å².